The maximum Gasteiger partial charge on any atom is 0.436 e. The quantitative estimate of drug-likeness (QED) is 0.486. The molecule has 0 saturated carbocycles. The summed E-state index contributed by atoms with van der Waals surface area (Å²) < 4.78 is 78.7. The van der Waals surface area contributed by atoms with Crippen LogP contribution in [0.25, 0.3) is 0 Å². The van der Waals surface area contributed by atoms with E-state index in [4.69, 9.17) is 0 Å². The monoisotopic (exact) mass is 489 g/mol. The van der Waals surface area contributed by atoms with Crippen LogP contribution in [0, 0.1) is 13.8 Å². The molecule has 2 rings (SSSR count). The summed E-state index contributed by atoms with van der Waals surface area (Å²) in [6.07, 6.45) is -8.92. The van der Waals surface area contributed by atoms with Gasteiger partial charge >= 0.3 is 12.4 Å². The first kappa shape index (κ1) is 23.2. The topological polar surface area (TPSA) is 64.7 Å². The summed E-state index contributed by atoms with van der Waals surface area (Å²) in [6.45, 7) is 4.53. The number of nitrogens with zero attached hydrogens (tertiary/aromatic N) is 4. The molecule has 13 heteroatoms. The van der Waals surface area contributed by atoms with Crippen molar-refractivity contribution in [1.82, 2.24) is 24.9 Å². The first-order valence-corrected chi connectivity index (χ1v) is 9.24. The molecule has 2 heterocycles. The highest BCUT2D eigenvalue weighted by Gasteiger charge is 2.39. The fraction of sp³-hybridized carbons (Fsp3) is 0.562. The van der Waals surface area contributed by atoms with Crippen LogP contribution in [0.1, 0.15) is 42.2 Å². The lowest BCUT2D eigenvalue weighted by atomic mass is 10.3. The lowest BCUT2D eigenvalue weighted by Gasteiger charge is -2.14. The van der Waals surface area contributed by atoms with Crippen LogP contribution in [0.3, 0.4) is 0 Å². The average Bonchev–Trinajstić information content (AvgIpc) is 3.11. The number of hydrogen-bond acceptors (Lipinski definition) is 3. The first-order chi connectivity index (χ1) is 13.2. The lowest BCUT2D eigenvalue weighted by Crippen LogP contribution is -2.33. The van der Waals surface area contributed by atoms with Gasteiger partial charge in [-0.3, -0.25) is 14.2 Å². The zero-order chi connectivity index (χ0) is 22.1. The van der Waals surface area contributed by atoms with Crippen molar-refractivity contribution >= 4 is 21.8 Å². The number of aromatic nitrogens is 4. The molecule has 0 aliphatic carbocycles. The average molecular weight is 490 g/mol. The second kappa shape index (κ2) is 8.36. The van der Waals surface area contributed by atoms with E-state index >= 15 is 0 Å². The van der Waals surface area contributed by atoms with Crippen molar-refractivity contribution < 1.29 is 31.1 Å². The van der Waals surface area contributed by atoms with Gasteiger partial charge < -0.3 is 5.32 Å². The van der Waals surface area contributed by atoms with Crippen molar-refractivity contribution in [3.8, 4) is 0 Å². The van der Waals surface area contributed by atoms with Crippen LogP contribution in [0.2, 0.25) is 0 Å². The molecule has 1 N–H and O–H groups in total. The summed E-state index contributed by atoms with van der Waals surface area (Å²) in [5.74, 6) is -0.565. The molecule has 0 fully saturated rings. The SMILES string of the molecule is Cc1cc(C(F)(F)F)nn1CCCNC(=O)C(C)n1nc(C(F)(F)F)c(Br)c1C. The zero-order valence-electron chi connectivity index (χ0n) is 15.6. The van der Waals surface area contributed by atoms with E-state index in [0.29, 0.717) is 5.69 Å². The number of carbonyl (C=O) groups is 1. The fourth-order valence-electron chi connectivity index (χ4n) is 2.63. The van der Waals surface area contributed by atoms with Crippen molar-refractivity contribution in [2.24, 2.45) is 0 Å². The van der Waals surface area contributed by atoms with Crippen LogP contribution < -0.4 is 5.32 Å². The third-order valence-electron chi connectivity index (χ3n) is 4.21. The van der Waals surface area contributed by atoms with Gasteiger partial charge in [0, 0.05) is 18.8 Å². The third-order valence-corrected chi connectivity index (χ3v) is 5.16. The van der Waals surface area contributed by atoms with Crippen molar-refractivity contribution in [3.05, 3.63) is 33.3 Å². The van der Waals surface area contributed by atoms with Gasteiger partial charge in [0.25, 0.3) is 0 Å². The molecule has 1 amide bonds. The molecule has 1 atom stereocenters. The van der Waals surface area contributed by atoms with E-state index in [-0.39, 0.29) is 29.7 Å². The van der Waals surface area contributed by atoms with Crippen molar-refractivity contribution in [2.75, 3.05) is 6.54 Å². The Morgan fingerprint density at radius 2 is 1.79 bits per heavy atom. The minimum atomic E-state index is -4.66. The zero-order valence-corrected chi connectivity index (χ0v) is 17.2. The highest BCUT2D eigenvalue weighted by molar-refractivity contribution is 9.10. The number of rotatable bonds is 6. The molecular formula is C16H18BrF6N5O. The first-order valence-electron chi connectivity index (χ1n) is 8.44. The number of nitrogens with one attached hydrogen (secondary N) is 1. The molecular weight excluding hydrogens is 472 g/mol. The summed E-state index contributed by atoms with van der Waals surface area (Å²) in [4.78, 5) is 12.2. The van der Waals surface area contributed by atoms with E-state index in [9.17, 15) is 31.1 Å². The largest absolute Gasteiger partial charge is 0.436 e. The van der Waals surface area contributed by atoms with Gasteiger partial charge in [0.05, 0.1) is 10.2 Å². The van der Waals surface area contributed by atoms with Crippen LogP contribution >= 0.6 is 15.9 Å². The van der Waals surface area contributed by atoms with Gasteiger partial charge in [-0.2, -0.15) is 36.5 Å². The highest BCUT2D eigenvalue weighted by Crippen LogP contribution is 2.36. The lowest BCUT2D eigenvalue weighted by molar-refractivity contribution is -0.142. The molecule has 0 spiro atoms. The fourth-order valence-corrected chi connectivity index (χ4v) is 3.12. The van der Waals surface area contributed by atoms with E-state index in [1.165, 1.54) is 25.5 Å². The van der Waals surface area contributed by atoms with Crippen LogP contribution in [0.5, 0.6) is 0 Å². The van der Waals surface area contributed by atoms with E-state index in [1.54, 1.807) is 0 Å². The molecule has 0 aromatic carbocycles. The minimum absolute atomic E-state index is 0.109. The van der Waals surface area contributed by atoms with Gasteiger partial charge in [-0.15, -0.1) is 0 Å². The Bertz CT molecular complexity index is 886. The summed E-state index contributed by atoms with van der Waals surface area (Å²) in [5.41, 5.74) is -1.64. The number of aryl methyl sites for hydroxylation is 2. The maximum atomic E-state index is 12.9. The van der Waals surface area contributed by atoms with Gasteiger partial charge in [0.1, 0.15) is 6.04 Å². The Balaban J connectivity index is 1.94. The Labute approximate surface area is 170 Å². The van der Waals surface area contributed by atoms with Gasteiger partial charge in [-0.1, -0.05) is 0 Å². The predicted molar refractivity (Wildman–Crippen MR) is 94.0 cm³/mol. The Kier molecular flexibility index (Phi) is 6.70. The summed E-state index contributed by atoms with van der Waals surface area (Å²) in [7, 11) is 0. The molecule has 0 bridgehead atoms. The van der Waals surface area contributed by atoms with Crippen LogP contribution in [0.4, 0.5) is 26.3 Å². The molecule has 162 valence electrons. The van der Waals surface area contributed by atoms with Gasteiger partial charge in [-0.25, -0.2) is 0 Å². The molecule has 0 aliphatic rings. The van der Waals surface area contributed by atoms with Crippen molar-refractivity contribution in [1.29, 1.82) is 0 Å². The number of hydrogen-bond donors (Lipinski definition) is 1. The van der Waals surface area contributed by atoms with Crippen LogP contribution in [-0.4, -0.2) is 32.0 Å². The second-order valence-corrected chi connectivity index (χ2v) is 7.20. The molecule has 0 aliphatic heterocycles. The third kappa shape index (κ3) is 5.31. The summed E-state index contributed by atoms with van der Waals surface area (Å²) in [6, 6.07) is -0.0808. The van der Waals surface area contributed by atoms with E-state index in [2.05, 4.69) is 31.4 Å². The van der Waals surface area contributed by atoms with Crippen molar-refractivity contribution in [2.45, 2.75) is 52.1 Å². The van der Waals surface area contributed by atoms with Gasteiger partial charge in [0.2, 0.25) is 5.91 Å². The summed E-state index contributed by atoms with van der Waals surface area (Å²) >= 11 is 2.84. The smallest absolute Gasteiger partial charge is 0.354 e. The molecule has 2 aromatic heterocycles. The van der Waals surface area contributed by atoms with E-state index < -0.39 is 35.7 Å². The van der Waals surface area contributed by atoms with Crippen molar-refractivity contribution in [3.63, 3.8) is 0 Å². The molecule has 2 aromatic rings. The number of halogens is 7. The summed E-state index contributed by atoms with van der Waals surface area (Å²) in [5, 5.41) is 9.50. The Morgan fingerprint density at radius 1 is 1.17 bits per heavy atom. The molecule has 0 saturated heterocycles. The number of carbonyl (C=O) groups excluding carboxylic acids is 1. The molecule has 29 heavy (non-hydrogen) atoms. The van der Waals surface area contributed by atoms with Gasteiger partial charge in [-0.05, 0) is 49.2 Å². The normalized spacial score (nSPS) is 13.6. The second-order valence-electron chi connectivity index (χ2n) is 6.40. The Hall–Kier alpha value is -2.05. The predicted octanol–water partition coefficient (Wildman–Crippen LogP) is 4.26. The minimum Gasteiger partial charge on any atom is -0.354 e. The van der Waals surface area contributed by atoms with Crippen LogP contribution in [0.15, 0.2) is 10.5 Å². The van der Waals surface area contributed by atoms with E-state index in [0.717, 1.165) is 10.7 Å². The van der Waals surface area contributed by atoms with Gasteiger partial charge in [0.15, 0.2) is 11.4 Å². The Morgan fingerprint density at radius 3 is 2.28 bits per heavy atom. The maximum absolute atomic E-state index is 12.9. The molecule has 1 unspecified atom stereocenters. The highest BCUT2D eigenvalue weighted by atomic mass is 79.9. The van der Waals surface area contributed by atoms with E-state index in [1.807, 2.05) is 0 Å². The molecule has 6 nitrogen and oxygen atoms in total. The standard InChI is InChI=1S/C16H18BrF6N5O/c1-8-7-11(15(18,19)20)25-27(8)6-4-5-24-14(29)10(3)28-9(2)12(17)13(26-28)16(21,22)23/h7,10H,4-6H2,1-3H3,(H,24,29). The van der Waals surface area contributed by atoms with Crippen LogP contribution in [-0.2, 0) is 23.7 Å². The molecule has 0 radical (unpaired) electrons. The number of alkyl halides is 6. The number of amides is 1.